The Morgan fingerprint density at radius 1 is 0.963 bits per heavy atom. The van der Waals surface area contributed by atoms with Crippen molar-refractivity contribution < 1.29 is 22.6 Å². The number of rotatable bonds is 7. The zero-order chi connectivity index (χ0) is 19.4. The lowest BCUT2D eigenvalue weighted by Crippen LogP contribution is -2.05. The second-order valence-corrected chi connectivity index (χ2v) is 6.21. The van der Waals surface area contributed by atoms with Crippen molar-refractivity contribution in [3.05, 3.63) is 59.9 Å². The fourth-order valence-electron chi connectivity index (χ4n) is 3.17. The van der Waals surface area contributed by atoms with Crippen LogP contribution in [0.2, 0.25) is 0 Å². The molecule has 2 nitrogen and oxygen atoms in total. The predicted molar refractivity (Wildman–Crippen MR) is 101 cm³/mol. The van der Waals surface area contributed by atoms with Gasteiger partial charge in [-0.2, -0.15) is 8.78 Å². The topological polar surface area (TPSA) is 18.5 Å². The summed E-state index contributed by atoms with van der Waals surface area (Å²) < 4.78 is 51.2. The Balaban J connectivity index is 2.16. The van der Waals surface area contributed by atoms with Crippen LogP contribution in [0, 0.1) is 5.82 Å². The first-order chi connectivity index (χ1) is 13.0. The fraction of sp³-hybridized carbons (Fsp3) is 0.273. The van der Waals surface area contributed by atoms with Crippen molar-refractivity contribution >= 4 is 10.8 Å². The lowest BCUT2D eigenvalue weighted by molar-refractivity contribution is -0.0494. The minimum Gasteiger partial charge on any atom is -0.494 e. The van der Waals surface area contributed by atoms with Crippen molar-refractivity contribution in [1.82, 2.24) is 0 Å². The number of hydrogen-bond acceptors (Lipinski definition) is 2. The molecule has 0 spiro atoms. The Kier molecular flexibility index (Phi) is 5.89. The molecule has 3 aromatic rings. The van der Waals surface area contributed by atoms with E-state index in [4.69, 9.17) is 4.74 Å². The molecule has 0 saturated carbocycles. The van der Waals surface area contributed by atoms with Crippen molar-refractivity contribution in [3.63, 3.8) is 0 Å². The molecule has 0 aliphatic rings. The largest absolute Gasteiger partial charge is 0.494 e. The van der Waals surface area contributed by atoms with Crippen LogP contribution in [0.5, 0.6) is 11.5 Å². The lowest BCUT2D eigenvalue weighted by Gasteiger charge is -2.15. The van der Waals surface area contributed by atoms with Gasteiger partial charge in [0.05, 0.1) is 12.2 Å². The highest BCUT2D eigenvalue weighted by Gasteiger charge is 2.19. The molecular formula is C22H21F3O2. The molecule has 0 aliphatic heterocycles. The Labute approximate surface area is 156 Å². The molecule has 0 radical (unpaired) electrons. The SMILES string of the molecule is CCCc1ccc2c(F)c(-c3ccc(OCC)cc3)c(OC(F)F)cc2c1. The number of hydrogen-bond donors (Lipinski definition) is 0. The number of alkyl halides is 2. The van der Waals surface area contributed by atoms with Gasteiger partial charge in [-0.15, -0.1) is 0 Å². The molecule has 5 heteroatoms. The van der Waals surface area contributed by atoms with Crippen LogP contribution < -0.4 is 9.47 Å². The number of fused-ring (bicyclic) bond motifs is 1. The third kappa shape index (κ3) is 4.18. The van der Waals surface area contributed by atoms with Gasteiger partial charge in [-0.3, -0.25) is 0 Å². The van der Waals surface area contributed by atoms with Crippen molar-refractivity contribution in [1.29, 1.82) is 0 Å². The van der Waals surface area contributed by atoms with E-state index in [1.54, 1.807) is 30.3 Å². The summed E-state index contributed by atoms with van der Waals surface area (Å²) >= 11 is 0. The van der Waals surface area contributed by atoms with Crippen LogP contribution in [-0.2, 0) is 6.42 Å². The van der Waals surface area contributed by atoms with Gasteiger partial charge in [0.2, 0.25) is 0 Å². The first kappa shape index (κ1) is 19.1. The predicted octanol–water partition coefficient (Wildman–Crippen LogP) is 6.60. The molecule has 0 aliphatic carbocycles. The van der Waals surface area contributed by atoms with Gasteiger partial charge in [-0.05, 0) is 48.1 Å². The van der Waals surface area contributed by atoms with E-state index in [0.717, 1.165) is 18.4 Å². The second kappa shape index (κ2) is 8.33. The quantitative estimate of drug-likeness (QED) is 0.464. The average Bonchev–Trinajstić information content (AvgIpc) is 2.63. The van der Waals surface area contributed by atoms with Crippen LogP contribution in [0.15, 0.2) is 48.5 Å². The van der Waals surface area contributed by atoms with E-state index in [-0.39, 0.29) is 11.3 Å². The highest BCUT2D eigenvalue weighted by atomic mass is 19.3. The van der Waals surface area contributed by atoms with Crippen molar-refractivity contribution in [2.75, 3.05) is 6.61 Å². The van der Waals surface area contributed by atoms with E-state index in [9.17, 15) is 8.78 Å². The summed E-state index contributed by atoms with van der Waals surface area (Å²) in [6.45, 7) is 1.37. The number of ether oxygens (including phenoxy) is 2. The van der Waals surface area contributed by atoms with E-state index >= 15 is 4.39 Å². The summed E-state index contributed by atoms with van der Waals surface area (Å²) in [7, 11) is 0. The monoisotopic (exact) mass is 374 g/mol. The first-order valence-electron chi connectivity index (χ1n) is 8.96. The normalized spacial score (nSPS) is 11.2. The van der Waals surface area contributed by atoms with Crippen LogP contribution >= 0.6 is 0 Å². The number of halogens is 3. The summed E-state index contributed by atoms with van der Waals surface area (Å²) in [6.07, 6.45) is 1.78. The van der Waals surface area contributed by atoms with Crippen molar-refractivity contribution in [2.45, 2.75) is 33.3 Å². The maximum atomic E-state index is 15.3. The highest BCUT2D eigenvalue weighted by Crippen LogP contribution is 2.39. The standard InChI is InChI=1S/C22H21F3O2/c1-3-5-14-6-11-18-16(12-14)13-19(27-22(24)25)20(21(18)23)15-7-9-17(10-8-15)26-4-2/h6-13,22H,3-5H2,1-2H3. The second-order valence-electron chi connectivity index (χ2n) is 6.21. The molecular weight excluding hydrogens is 353 g/mol. The molecule has 0 unspecified atom stereocenters. The number of benzene rings is 3. The molecule has 0 heterocycles. The Morgan fingerprint density at radius 3 is 2.33 bits per heavy atom. The summed E-state index contributed by atoms with van der Waals surface area (Å²) in [4.78, 5) is 0. The van der Waals surface area contributed by atoms with Gasteiger partial charge in [0.25, 0.3) is 0 Å². The van der Waals surface area contributed by atoms with Gasteiger partial charge in [-0.1, -0.05) is 43.7 Å². The minimum atomic E-state index is -3.04. The molecule has 0 bridgehead atoms. The van der Waals surface area contributed by atoms with Crippen LogP contribution in [-0.4, -0.2) is 13.2 Å². The van der Waals surface area contributed by atoms with Gasteiger partial charge in [0, 0.05) is 5.39 Å². The Bertz CT molecular complexity index is 921. The average molecular weight is 374 g/mol. The van der Waals surface area contributed by atoms with Gasteiger partial charge in [0.1, 0.15) is 17.3 Å². The van der Waals surface area contributed by atoms with Crippen LogP contribution in [0.3, 0.4) is 0 Å². The van der Waals surface area contributed by atoms with Gasteiger partial charge in [0.15, 0.2) is 0 Å². The fourth-order valence-corrected chi connectivity index (χ4v) is 3.17. The van der Waals surface area contributed by atoms with E-state index in [1.807, 2.05) is 26.0 Å². The van der Waals surface area contributed by atoms with Crippen LogP contribution in [0.1, 0.15) is 25.8 Å². The molecule has 0 N–H and O–H groups in total. The Morgan fingerprint density at radius 2 is 1.70 bits per heavy atom. The smallest absolute Gasteiger partial charge is 0.387 e. The van der Waals surface area contributed by atoms with E-state index < -0.39 is 12.4 Å². The minimum absolute atomic E-state index is 0.0223. The molecule has 0 fully saturated rings. The molecule has 142 valence electrons. The molecule has 0 atom stereocenters. The lowest BCUT2D eigenvalue weighted by atomic mass is 9.97. The maximum absolute atomic E-state index is 15.3. The third-order valence-corrected chi connectivity index (χ3v) is 4.31. The molecule has 27 heavy (non-hydrogen) atoms. The third-order valence-electron chi connectivity index (χ3n) is 4.31. The van der Waals surface area contributed by atoms with Gasteiger partial charge in [-0.25, -0.2) is 4.39 Å². The van der Waals surface area contributed by atoms with Gasteiger partial charge >= 0.3 is 6.61 Å². The molecule has 3 aromatic carbocycles. The van der Waals surface area contributed by atoms with Crippen molar-refractivity contribution in [3.8, 4) is 22.6 Å². The Hall–Kier alpha value is -2.69. The number of aryl methyl sites for hydroxylation is 1. The van der Waals surface area contributed by atoms with Gasteiger partial charge < -0.3 is 9.47 Å². The zero-order valence-corrected chi connectivity index (χ0v) is 15.3. The molecule has 0 aromatic heterocycles. The van der Waals surface area contributed by atoms with Crippen LogP contribution in [0.25, 0.3) is 21.9 Å². The summed E-state index contributed by atoms with van der Waals surface area (Å²) in [6, 6.07) is 13.5. The van der Waals surface area contributed by atoms with Crippen molar-refractivity contribution in [2.24, 2.45) is 0 Å². The molecule has 0 amide bonds. The summed E-state index contributed by atoms with van der Waals surface area (Å²) in [5.74, 6) is -0.119. The highest BCUT2D eigenvalue weighted by molar-refractivity contribution is 5.92. The van der Waals surface area contributed by atoms with Crippen LogP contribution in [0.4, 0.5) is 13.2 Å². The maximum Gasteiger partial charge on any atom is 0.387 e. The summed E-state index contributed by atoms with van der Waals surface area (Å²) in [5, 5.41) is 0.921. The van der Waals surface area contributed by atoms with E-state index in [1.165, 1.54) is 6.07 Å². The first-order valence-corrected chi connectivity index (χ1v) is 8.96. The molecule has 0 saturated heterocycles. The van der Waals surface area contributed by atoms with E-state index in [0.29, 0.717) is 28.7 Å². The van der Waals surface area contributed by atoms with E-state index in [2.05, 4.69) is 4.74 Å². The summed E-state index contributed by atoms with van der Waals surface area (Å²) in [5.41, 5.74) is 1.50. The zero-order valence-electron chi connectivity index (χ0n) is 15.3. The molecule has 3 rings (SSSR count).